The van der Waals surface area contributed by atoms with Gasteiger partial charge in [-0.05, 0) is 30.5 Å². The van der Waals surface area contributed by atoms with E-state index in [9.17, 15) is 4.79 Å². The Kier molecular flexibility index (Phi) is 4.19. The van der Waals surface area contributed by atoms with Gasteiger partial charge in [0.05, 0.1) is 11.6 Å². The van der Waals surface area contributed by atoms with Crippen LogP contribution in [-0.2, 0) is 17.9 Å². The second-order valence-electron chi connectivity index (χ2n) is 6.90. The second-order valence-corrected chi connectivity index (χ2v) is 6.90. The Balaban J connectivity index is 1.27. The van der Waals surface area contributed by atoms with E-state index in [4.69, 9.17) is 9.47 Å². The lowest BCUT2D eigenvalue weighted by atomic mass is 10.2. The summed E-state index contributed by atoms with van der Waals surface area (Å²) in [7, 11) is 0. The summed E-state index contributed by atoms with van der Waals surface area (Å²) in [6, 6.07) is 5.63. The van der Waals surface area contributed by atoms with Crippen molar-refractivity contribution in [2.45, 2.75) is 25.9 Å². The van der Waals surface area contributed by atoms with Crippen LogP contribution in [-0.4, -0.2) is 45.5 Å². The number of rotatable bonds is 5. The first-order valence-corrected chi connectivity index (χ1v) is 9.34. The molecular weight excluding hydrogens is 360 g/mol. The van der Waals surface area contributed by atoms with Gasteiger partial charge in [-0.1, -0.05) is 6.07 Å². The Morgan fingerprint density at radius 2 is 2.00 bits per heavy atom. The first kappa shape index (κ1) is 16.8. The van der Waals surface area contributed by atoms with Crippen LogP contribution in [0.4, 0.5) is 5.82 Å². The average molecular weight is 380 g/mol. The van der Waals surface area contributed by atoms with Crippen molar-refractivity contribution in [2.24, 2.45) is 0 Å². The molecule has 0 radical (unpaired) electrons. The molecule has 0 unspecified atom stereocenters. The van der Waals surface area contributed by atoms with Crippen molar-refractivity contribution in [2.75, 3.05) is 24.8 Å². The zero-order chi connectivity index (χ0) is 18.9. The quantitative estimate of drug-likeness (QED) is 0.716. The van der Waals surface area contributed by atoms with Crippen LogP contribution in [0.25, 0.3) is 11.0 Å². The molecule has 1 amide bonds. The van der Waals surface area contributed by atoms with Gasteiger partial charge in [0, 0.05) is 19.6 Å². The molecule has 1 N–H and O–H groups in total. The Hall–Kier alpha value is -3.36. The highest BCUT2D eigenvalue weighted by atomic mass is 16.7. The standard InChI is InChI=1S/C19H20N6O3/c26-17(20-8-13-3-4-15-16(7-13)28-12-27-15)10-25-19-14(9-23-25)18(21-11-22-19)24-5-1-2-6-24/h3-4,7,9,11H,1-2,5-6,8,10,12H2,(H,20,26). The number of hydrogen-bond acceptors (Lipinski definition) is 7. The number of nitrogens with one attached hydrogen (secondary N) is 1. The number of nitrogens with zero attached hydrogens (tertiary/aromatic N) is 5. The molecule has 3 aromatic rings. The van der Waals surface area contributed by atoms with Crippen molar-refractivity contribution in [1.82, 2.24) is 25.1 Å². The zero-order valence-electron chi connectivity index (χ0n) is 15.3. The molecule has 2 aliphatic heterocycles. The minimum atomic E-state index is -0.135. The normalized spacial score (nSPS) is 15.4. The van der Waals surface area contributed by atoms with Gasteiger partial charge in [-0.25, -0.2) is 14.6 Å². The van der Waals surface area contributed by atoms with Gasteiger partial charge >= 0.3 is 0 Å². The third-order valence-electron chi connectivity index (χ3n) is 5.04. The van der Waals surface area contributed by atoms with Crippen molar-refractivity contribution in [3.05, 3.63) is 36.3 Å². The Morgan fingerprint density at radius 1 is 1.14 bits per heavy atom. The molecule has 9 nitrogen and oxygen atoms in total. The topological polar surface area (TPSA) is 94.4 Å². The first-order valence-electron chi connectivity index (χ1n) is 9.34. The molecule has 0 aliphatic carbocycles. The number of benzene rings is 1. The first-order chi connectivity index (χ1) is 13.8. The van der Waals surface area contributed by atoms with E-state index in [1.807, 2.05) is 18.2 Å². The Morgan fingerprint density at radius 3 is 2.89 bits per heavy atom. The maximum Gasteiger partial charge on any atom is 0.242 e. The van der Waals surface area contributed by atoms with Crippen molar-refractivity contribution in [1.29, 1.82) is 0 Å². The fraction of sp³-hybridized carbons (Fsp3) is 0.368. The van der Waals surface area contributed by atoms with Gasteiger partial charge in [-0.2, -0.15) is 5.10 Å². The van der Waals surface area contributed by atoms with Gasteiger partial charge < -0.3 is 19.7 Å². The van der Waals surface area contributed by atoms with Gasteiger partial charge in [0.15, 0.2) is 17.1 Å². The molecule has 1 aromatic carbocycles. The average Bonchev–Trinajstić information content (AvgIpc) is 3.46. The molecule has 0 bridgehead atoms. The summed E-state index contributed by atoms with van der Waals surface area (Å²) in [5, 5.41) is 8.15. The predicted octanol–water partition coefficient (Wildman–Crippen LogP) is 1.47. The molecule has 1 fully saturated rings. The molecule has 144 valence electrons. The third-order valence-corrected chi connectivity index (χ3v) is 5.04. The molecule has 2 aliphatic rings. The zero-order valence-corrected chi connectivity index (χ0v) is 15.3. The van der Waals surface area contributed by atoms with E-state index in [2.05, 4.69) is 25.3 Å². The van der Waals surface area contributed by atoms with E-state index in [0.29, 0.717) is 17.9 Å². The van der Waals surface area contributed by atoms with E-state index in [0.717, 1.165) is 35.6 Å². The van der Waals surface area contributed by atoms with Crippen LogP contribution in [0, 0.1) is 0 Å². The number of carbonyl (C=O) groups is 1. The van der Waals surface area contributed by atoms with E-state index < -0.39 is 0 Å². The lowest BCUT2D eigenvalue weighted by Gasteiger charge is -2.16. The largest absolute Gasteiger partial charge is 0.454 e. The second kappa shape index (κ2) is 6.99. The summed E-state index contributed by atoms with van der Waals surface area (Å²) >= 11 is 0. The fourth-order valence-corrected chi connectivity index (χ4v) is 3.62. The molecule has 28 heavy (non-hydrogen) atoms. The van der Waals surface area contributed by atoms with Gasteiger partial charge in [0.25, 0.3) is 0 Å². The minimum Gasteiger partial charge on any atom is -0.454 e. The van der Waals surface area contributed by atoms with Crippen molar-refractivity contribution in [3.63, 3.8) is 0 Å². The van der Waals surface area contributed by atoms with E-state index in [-0.39, 0.29) is 19.2 Å². The Labute approximate surface area is 161 Å². The van der Waals surface area contributed by atoms with Crippen LogP contribution < -0.4 is 19.7 Å². The summed E-state index contributed by atoms with van der Waals surface area (Å²) in [6.45, 7) is 2.73. The van der Waals surface area contributed by atoms with E-state index >= 15 is 0 Å². The molecule has 0 saturated carbocycles. The number of aromatic nitrogens is 4. The van der Waals surface area contributed by atoms with Crippen LogP contribution in [0.2, 0.25) is 0 Å². The Bertz CT molecular complexity index is 1030. The minimum absolute atomic E-state index is 0.102. The summed E-state index contributed by atoms with van der Waals surface area (Å²) in [5.74, 6) is 2.20. The summed E-state index contributed by atoms with van der Waals surface area (Å²) < 4.78 is 12.3. The highest BCUT2D eigenvalue weighted by Gasteiger charge is 2.19. The van der Waals surface area contributed by atoms with Crippen LogP contribution in [0.15, 0.2) is 30.7 Å². The van der Waals surface area contributed by atoms with Crippen LogP contribution in [0.1, 0.15) is 18.4 Å². The smallest absolute Gasteiger partial charge is 0.242 e. The fourth-order valence-electron chi connectivity index (χ4n) is 3.62. The lowest BCUT2D eigenvalue weighted by Crippen LogP contribution is -2.27. The summed E-state index contributed by atoms with van der Waals surface area (Å²) in [6.07, 6.45) is 5.62. The van der Waals surface area contributed by atoms with Crippen LogP contribution in [0.3, 0.4) is 0 Å². The number of hydrogen-bond donors (Lipinski definition) is 1. The van der Waals surface area contributed by atoms with Crippen molar-refractivity contribution >= 4 is 22.8 Å². The molecule has 2 aromatic heterocycles. The number of amides is 1. The SMILES string of the molecule is O=C(Cn1ncc2c(N3CCCC3)ncnc21)NCc1ccc2c(c1)OCO2. The number of carbonyl (C=O) groups excluding carboxylic acids is 1. The van der Waals surface area contributed by atoms with Crippen LogP contribution in [0.5, 0.6) is 11.5 Å². The van der Waals surface area contributed by atoms with E-state index in [1.54, 1.807) is 17.2 Å². The summed E-state index contributed by atoms with van der Waals surface area (Å²) in [4.78, 5) is 23.4. The maximum absolute atomic E-state index is 12.4. The molecule has 0 atom stereocenters. The molecule has 1 saturated heterocycles. The molecular formula is C19H20N6O3. The number of fused-ring (bicyclic) bond motifs is 2. The van der Waals surface area contributed by atoms with Crippen molar-refractivity contribution in [3.8, 4) is 11.5 Å². The maximum atomic E-state index is 12.4. The third kappa shape index (κ3) is 3.08. The number of ether oxygens (including phenoxy) is 2. The highest BCUT2D eigenvalue weighted by molar-refractivity contribution is 5.88. The molecule has 4 heterocycles. The van der Waals surface area contributed by atoms with Crippen molar-refractivity contribution < 1.29 is 14.3 Å². The molecule has 5 rings (SSSR count). The monoisotopic (exact) mass is 380 g/mol. The summed E-state index contributed by atoms with van der Waals surface area (Å²) in [5.41, 5.74) is 1.62. The predicted molar refractivity (Wildman–Crippen MR) is 101 cm³/mol. The van der Waals surface area contributed by atoms with Gasteiger partial charge in [0.2, 0.25) is 12.7 Å². The molecule has 0 spiro atoms. The van der Waals surface area contributed by atoms with Crippen LogP contribution >= 0.6 is 0 Å². The lowest BCUT2D eigenvalue weighted by molar-refractivity contribution is -0.121. The van der Waals surface area contributed by atoms with E-state index in [1.165, 1.54) is 12.8 Å². The highest BCUT2D eigenvalue weighted by Crippen LogP contribution is 2.32. The van der Waals surface area contributed by atoms with Gasteiger partial charge in [0.1, 0.15) is 18.7 Å². The molecule has 9 heteroatoms. The number of anilines is 1. The van der Waals surface area contributed by atoms with Gasteiger partial charge in [-0.15, -0.1) is 0 Å². The van der Waals surface area contributed by atoms with Gasteiger partial charge in [-0.3, -0.25) is 4.79 Å².